The van der Waals surface area contributed by atoms with E-state index in [0.29, 0.717) is 29.5 Å². The van der Waals surface area contributed by atoms with Crippen molar-refractivity contribution in [3.63, 3.8) is 0 Å². The summed E-state index contributed by atoms with van der Waals surface area (Å²) >= 11 is 6.00. The van der Waals surface area contributed by atoms with Crippen LogP contribution in [0.2, 0.25) is 5.02 Å². The van der Waals surface area contributed by atoms with Crippen LogP contribution in [0.5, 0.6) is 5.75 Å². The Morgan fingerprint density at radius 2 is 2.18 bits per heavy atom. The molecule has 4 nitrogen and oxygen atoms in total. The smallest absolute Gasteiger partial charge is 0.248 e. The van der Waals surface area contributed by atoms with E-state index in [1.807, 2.05) is 0 Å². The standard InChI is InChI=1S/C12H14ClNO3/c1-8(12(14)15)9-3-4-11(10(13)7-9)17-6-5-16-2/h3-4,7H,1,5-6H2,2H3,(H2,14,15). The molecule has 1 amide bonds. The van der Waals surface area contributed by atoms with Gasteiger partial charge in [-0.15, -0.1) is 0 Å². The van der Waals surface area contributed by atoms with Crippen molar-refractivity contribution in [2.45, 2.75) is 0 Å². The third-order valence-corrected chi connectivity index (χ3v) is 2.42. The average molecular weight is 256 g/mol. The summed E-state index contributed by atoms with van der Waals surface area (Å²) in [6, 6.07) is 4.94. The minimum atomic E-state index is -0.575. The van der Waals surface area contributed by atoms with Gasteiger partial charge in [0, 0.05) is 12.7 Å². The third kappa shape index (κ3) is 3.76. The minimum Gasteiger partial charge on any atom is -0.490 e. The minimum absolute atomic E-state index is 0.218. The second-order valence-electron chi connectivity index (χ2n) is 3.33. The molecule has 0 heterocycles. The van der Waals surface area contributed by atoms with Crippen molar-refractivity contribution in [1.82, 2.24) is 0 Å². The molecule has 0 unspecified atom stereocenters. The molecule has 0 saturated carbocycles. The Hall–Kier alpha value is -1.52. The first kappa shape index (κ1) is 13.5. The fourth-order valence-electron chi connectivity index (χ4n) is 1.18. The van der Waals surface area contributed by atoms with Crippen molar-refractivity contribution in [3.8, 4) is 5.75 Å². The second-order valence-corrected chi connectivity index (χ2v) is 3.74. The van der Waals surface area contributed by atoms with Crippen LogP contribution in [0.4, 0.5) is 0 Å². The van der Waals surface area contributed by atoms with Crippen LogP contribution in [-0.2, 0) is 9.53 Å². The molecule has 0 aromatic heterocycles. The number of halogens is 1. The molecule has 0 radical (unpaired) electrons. The number of rotatable bonds is 6. The van der Waals surface area contributed by atoms with Gasteiger partial charge in [-0.05, 0) is 17.7 Å². The summed E-state index contributed by atoms with van der Waals surface area (Å²) in [5.41, 5.74) is 5.93. The normalized spacial score (nSPS) is 10.0. The summed E-state index contributed by atoms with van der Waals surface area (Å²) in [5.74, 6) is -0.0427. The molecule has 0 aliphatic carbocycles. The van der Waals surface area contributed by atoms with Crippen LogP contribution < -0.4 is 10.5 Å². The SMILES string of the molecule is C=C(C(N)=O)c1ccc(OCCOC)c(Cl)c1. The number of ether oxygens (including phenoxy) is 2. The van der Waals surface area contributed by atoms with Crippen molar-refractivity contribution in [1.29, 1.82) is 0 Å². The van der Waals surface area contributed by atoms with Crippen LogP contribution >= 0.6 is 11.6 Å². The summed E-state index contributed by atoms with van der Waals surface area (Å²) in [6.45, 7) is 4.46. The molecular formula is C12H14ClNO3. The zero-order valence-electron chi connectivity index (χ0n) is 9.53. The highest BCUT2D eigenvalue weighted by Crippen LogP contribution is 2.27. The van der Waals surface area contributed by atoms with Crippen molar-refractivity contribution in [2.24, 2.45) is 5.73 Å². The molecule has 0 aliphatic heterocycles. The zero-order chi connectivity index (χ0) is 12.8. The maximum Gasteiger partial charge on any atom is 0.248 e. The van der Waals surface area contributed by atoms with E-state index in [0.717, 1.165) is 0 Å². The lowest BCUT2D eigenvalue weighted by atomic mass is 10.1. The molecule has 0 atom stereocenters. The number of carbonyl (C=O) groups excluding carboxylic acids is 1. The van der Waals surface area contributed by atoms with Crippen molar-refractivity contribution >= 4 is 23.1 Å². The molecule has 17 heavy (non-hydrogen) atoms. The van der Waals surface area contributed by atoms with E-state index < -0.39 is 5.91 Å². The number of amides is 1. The monoisotopic (exact) mass is 255 g/mol. The quantitative estimate of drug-likeness (QED) is 0.623. The molecule has 0 fully saturated rings. The maximum atomic E-state index is 10.9. The van der Waals surface area contributed by atoms with E-state index in [1.165, 1.54) is 0 Å². The number of hydrogen-bond donors (Lipinski definition) is 1. The highest BCUT2D eigenvalue weighted by atomic mass is 35.5. The molecule has 0 spiro atoms. The first-order chi connectivity index (χ1) is 8.06. The third-order valence-electron chi connectivity index (χ3n) is 2.12. The lowest BCUT2D eigenvalue weighted by Gasteiger charge is -2.09. The van der Waals surface area contributed by atoms with Gasteiger partial charge in [0.1, 0.15) is 12.4 Å². The Bertz CT molecular complexity index is 432. The topological polar surface area (TPSA) is 61.6 Å². The van der Waals surface area contributed by atoms with Gasteiger partial charge in [-0.2, -0.15) is 0 Å². The van der Waals surface area contributed by atoms with Crippen LogP contribution in [-0.4, -0.2) is 26.2 Å². The summed E-state index contributed by atoms with van der Waals surface area (Å²) in [4.78, 5) is 10.9. The van der Waals surface area contributed by atoms with Crippen LogP contribution in [0.25, 0.3) is 5.57 Å². The molecule has 0 bridgehead atoms. The summed E-state index contributed by atoms with van der Waals surface area (Å²) in [6.07, 6.45) is 0. The largest absolute Gasteiger partial charge is 0.490 e. The van der Waals surface area contributed by atoms with Gasteiger partial charge in [-0.3, -0.25) is 4.79 Å². The van der Waals surface area contributed by atoms with Crippen molar-refractivity contribution in [2.75, 3.05) is 20.3 Å². The van der Waals surface area contributed by atoms with Crippen LogP contribution in [0.15, 0.2) is 24.8 Å². The lowest BCUT2D eigenvalue weighted by molar-refractivity contribution is -0.112. The number of benzene rings is 1. The van der Waals surface area contributed by atoms with Gasteiger partial charge in [0.05, 0.1) is 11.6 Å². The van der Waals surface area contributed by atoms with Crippen LogP contribution in [0, 0.1) is 0 Å². The molecule has 1 aromatic rings. The summed E-state index contributed by atoms with van der Waals surface area (Å²) < 4.78 is 10.2. The van der Waals surface area contributed by atoms with Crippen molar-refractivity contribution in [3.05, 3.63) is 35.4 Å². The van der Waals surface area contributed by atoms with E-state index in [-0.39, 0.29) is 5.57 Å². The molecule has 0 aliphatic rings. The molecule has 1 aromatic carbocycles. The highest BCUT2D eigenvalue weighted by molar-refractivity contribution is 6.32. The fraction of sp³-hybridized carbons (Fsp3) is 0.250. The number of hydrogen-bond acceptors (Lipinski definition) is 3. The first-order valence-electron chi connectivity index (χ1n) is 4.96. The van der Waals surface area contributed by atoms with Crippen LogP contribution in [0.3, 0.4) is 0 Å². The summed E-state index contributed by atoms with van der Waals surface area (Å²) in [5, 5.41) is 0.404. The summed E-state index contributed by atoms with van der Waals surface area (Å²) in [7, 11) is 1.59. The average Bonchev–Trinajstić information content (AvgIpc) is 2.30. The maximum absolute atomic E-state index is 10.9. The number of carbonyl (C=O) groups is 1. The van der Waals surface area contributed by atoms with E-state index in [2.05, 4.69) is 6.58 Å². The van der Waals surface area contributed by atoms with Gasteiger partial charge < -0.3 is 15.2 Å². The lowest BCUT2D eigenvalue weighted by Crippen LogP contribution is -2.12. The van der Waals surface area contributed by atoms with E-state index in [4.69, 9.17) is 26.8 Å². The Morgan fingerprint density at radius 1 is 1.47 bits per heavy atom. The number of nitrogens with two attached hydrogens (primary N) is 1. The van der Waals surface area contributed by atoms with Gasteiger partial charge >= 0.3 is 0 Å². The van der Waals surface area contributed by atoms with Gasteiger partial charge in [0.2, 0.25) is 5.91 Å². The van der Waals surface area contributed by atoms with Gasteiger partial charge in [0.25, 0.3) is 0 Å². The fourth-order valence-corrected chi connectivity index (χ4v) is 1.42. The van der Waals surface area contributed by atoms with Gasteiger partial charge in [0.15, 0.2) is 0 Å². The molecule has 0 saturated heterocycles. The van der Waals surface area contributed by atoms with Gasteiger partial charge in [-0.1, -0.05) is 24.2 Å². The predicted octanol–water partition coefficient (Wildman–Crippen LogP) is 1.86. The van der Waals surface area contributed by atoms with Crippen molar-refractivity contribution < 1.29 is 14.3 Å². The van der Waals surface area contributed by atoms with E-state index in [1.54, 1.807) is 25.3 Å². The molecule has 5 heteroatoms. The molecule has 1 rings (SSSR count). The number of primary amides is 1. The molecule has 92 valence electrons. The Labute approximate surface area is 105 Å². The zero-order valence-corrected chi connectivity index (χ0v) is 10.3. The Kier molecular flexibility index (Phi) is 5.00. The highest BCUT2D eigenvalue weighted by Gasteiger charge is 2.08. The Morgan fingerprint density at radius 3 is 2.71 bits per heavy atom. The first-order valence-corrected chi connectivity index (χ1v) is 5.34. The van der Waals surface area contributed by atoms with Crippen LogP contribution in [0.1, 0.15) is 5.56 Å². The van der Waals surface area contributed by atoms with Gasteiger partial charge in [-0.25, -0.2) is 0 Å². The Balaban J connectivity index is 2.79. The predicted molar refractivity (Wildman–Crippen MR) is 67.1 cm³/mol. The van der Waals surface area contributed by atoms with E-state index >= 15 is 0 Å². The number of methoxy groups -OCH3 is 1. The van der Waals surface area contributed by atoms with E-state index in [9.17, 15) is 4.79 Å². The molecular weight excluding hydrogens is 242 g/mol. The second kappa shape index (κ2) is 6.27. The molecule has 2 N–H and O–H groups in total.